The van der Waals surface area contributed by atoms with Crippen LogP contribution in [0.2, 0.25) is 0 Å². The molecule has 2 N–H and O–H groups in total. The molecule has 8 heteroatoms. The molecule has 0 spiro atoms. The minimum Gasteiger partial charge on any atom is -0.340 e. The number of benzene rings is 2. The number of anilines is 4. The van der Waals surface area contributed by atoms with Gasteiger partial charge in [-0.15, -0.1) is 0 Å². The molecule has 0 bridgehead atoms. The quantitative estimate of drug-likeness (QED) is 0.358. The second-order valence-electron chi connectivity index (χ2n) is 7.01. The maximum absolute atomic E-state index is 13.4. The lowest BCUT2D eigenvalue weighted by atomic mass is 10.0. The fourth-order valence-electron chi connectivity index (χ4n) is 2.74. The lowest BCUT2D eigenvalue weighted by Crippen LogP contribution is -2.12. The predicted molar refractivity (Wildman–Crippen MR) is 118 cm³/mol. The fourth-order valence-corrected chi connectivity index (χ4v) is 3.10. The van der Waals surface area contributed by atoms with Crippen LogP contribution in [0.1, 0.15) is 25.0 Å². The number of nitrogens with one attached hydrogen (secondary N) is 2. The van der Waals surface area contributed by atoms with E-state index in [-0.39, 0.29) is 11.8 Å². The standard InChI is InChI=1S/C21H20F3IN4/c1-13(2)11-14-3-7-16(8-4-14)27-19-18(21(22,23)24)12-26-20(29-19)28-17-9-5-15(25)6-10-17/h3-10,12-13H,11H2,1-2H3,(H2,26,27,28,29). The van der Waals surface area contributed by atoms with Gasteiger partial charge >= 0.3 is 6.18 Å². The van der Waals surface area contributed by atoms with E-state index in [2.05, 4.69) is 57.0 Å². The van der Waals surface area contributed by atoms with Gasteiger partial charge in [-0.3, -0.25) is 0 Å². The molecule has 0 saturated carbocycles. The van der Waals surface area contributed by atoms with Crippen LogP contribution in [0.4, 0.5) is 36.3 Å². The third kappa shape index (κ3) is 6.06. The first-order valence-electron chi connectivity index (χ1n) is 9.03. The summed E-state index contributed by atoms with van der Waals surface area (Å²) in [6, 6.07) is 14.7. The van der Waals surface area contributed by atoms with Gasteiger partial charge in [0.25, 0.3) is 0 Å². The zero-order valence-electron chi connectivity index (χ0n) is 15.9. The summed E-state index contributed by atoms with van der Waals surface area (Å²) in [5.41, 5.74) is 1.43. The number of halogens is 4. The molecule has 0 aliphatic rings. The van der Waals surface area contributed by atoms with Crippen LogP contribution in [-0.4, -0.2) is 9.97 Å². The van der Waals surface area contributed by atoms with Gasteiger partial charge in [-0.25, -0.2) is 4.98 Å². The summed E-state index contributed by atoms with van der Waals surface area (Å²) in [5.74, 6) is 0.290. The predicted octanol–water partition coefficient (Wildman–Crippen LogP) is 6.79. The van der Waals surface area contributed by atoms with Crippen LogP contribution >= 0.6 is 22.6 Å². The van der Waals surface area contributed by atoms with Gasteiger partial charge in [-0.2, -0.15) is 18.2 Å². The molecule has 152 valence electrons. The number of nitrogens with zero attached hydrogens (tertiary/aromatic N) is 2. The topological polar surface area (TPSA) is 49.8 Å². The summed E-state index contributed by atoms with van der Waals surface area (Å²) < 4.78 is 41.3. The van der Waals surface area contributed by atoms with E-state index in [1.807, 2.05) is 36.4 Å². The molecule has 0 amide bonds. The van der Waals surface area contributed by atoms with E-state index in [4.69, 9.17) is 0 Å². The number of rotatable bonds is 6. The first-order valence-corrected chi connectivity index (χ1v) is 10.1. The Labute approximate surface area is 181 Å². The largest absolute Gasteiger partial charge is 0.421 e. The van der Waals surface area contributed by atoms with Gasteiger partial charge in [0.15, 0.2) is 0 Å². The van der Waals surface area contributed by atoms with Crippen LogP contribution in [0.3, 0.4) is 0 Å². The summed E-state index contributed by atoms with van der Waals surface area (Å²) >= 11 is 2.17. The Morgan fingerprint density at radius 3 is 2.10 bits per heavy atom. The molecular weight excluding hydrogens is 492 g/mol. The van der Waals surface area contributed by atoms with Crippen molar-refractivity contribution in [2.45, 2.75) is 26.4 Å². The first-order chi connectivity index (χ1) is 13.7. The molecule has 1 aromatic heterocycles. The number of alkyl halides is 3. The highest BCUT2D eigenvalue weighted by Gasteiger charge is 2.35. The molecule has 0 fully saturated rings. The fraction of sp³-hybridized carbons (Fsp3) is 0.238. The third-order valence-electron chi connectivity index (χ3n) is 4.06. The van der Waals surface area contributed by atoms with E-state index >= 15 is 0 Å². The molecule has 29 heavy (non-hydrogen) atoms. The molecular formula is C21H20F3IN4. The van der Waals surface area contributed by atoms with Crippen LogP contribution in [0, 0.1) is 9.49 Å². The highest BCUT2D eigenvalue weighted by Crippen LogP contribution is 2.35. The molecule has 0 aliphatic carbocycles. The molecule has 3 aromatic rings. The van der Waals surface area contributed by atoms with Gasteiger partial charge in [0.2, 0.25) is 5.95 Å². The average molecular weight is 512 g/mol. The van der Waals surface area contributed by atoms with Crippen molar-refractivity contribution >= 4 is 45.7 Å². The monoisotopic (exact) mass is 512 g/mol. The molecule has 0 unspecified atom stereocenters. The molecule has 2 aromatic carbocycles. The second kappa shape index (κ2) is 8.98. The van der Waals surface area contributed by atoms with Gasteiger partial charge in [0, 0.05) is 21.1 Å². The maximum atomic E-state index is 13.4. The number of hydrogen-bond donors (Lipinski definition) is 2. The second-order valence-corrected chi connectivity index (χ2v) is 8.25. The minimum absolute atomic E-state index is 0.0816. The van der Waals surface area contributed by atoms with Crippen LogP contribution in [0.25, 0.3) is 0 Å². The van der Waals surface area contributed by atoms with Crippen molar-refractivity contribution in [1.29, 1.82) is 0 Å². The van der Waals surface area contributed by atoms with E-state index in [1.165, 1.54) is 0 Å². The van der Waals surface area contributed by atoms with Crippen molar-refractivity contribution in [1.82, 2.24) is 9.97 Å². The lowest BCUT2D eigenvalue weighted by Gasteiger charge is -2.15. The van der Waals surface area contributed by atoms with Gasteiger partial charge in [-0.1, -0.05) is 26.0 Å². The Hall–Kier alpha value is -2.36. The molecule has 0 saturated heterocycles. The van der Waals surface area contributed by atoms with Gasteiger partial charge in [0.1, 0.15) is 11.4 Å². The van der Waals surface area contributed by atoms with E-state index < -0.39 is 11.7 Å². The van der Waals surface area contributed by atoms with Crippen molar-refractivity contribution < 1.29 is 13.2 Å². The molecule has 4 nitrogen and oxygen atoms in total. The van der Waals surface area contributed by atoms with Crippen molar-refractivity contribution in [2.75, 3.05) is 10.6 Å². The van der Waals surface area contributed by atoms with E-state index in [9.17, 15) is 13.2 Å². The smallest absolute Gasteiger partial charge is 0.340 e. The van der Waals surface area contributed by atoms with Crippen molar-refractivity contribution in [3.63, 3.8) is 0 Å². The van der Waals surface area contributed by atoms with Gasteiger partial charge in [0.05, 0.1) is 0 Å². The number of hydrogen-bond acceptors (Lipinski definition) is 4. The van der Waals surface area contributed by atoms with E-state index in [1.54, 1.807) is 12.1 Å². The Balaban J connectivity index is 1.87. The highest BCUT2D eigenvalue weighted by molar-refractivity contribution is 14.1. The lowest BCUT2D eigenvalue weighted by molar-refractivity contribution is -0.137. The Bertz CT molecular complexity index is 955. The van der Waals surface area contributed by atoms with E-state index in [0.29, 0.717) is 17.3 Å². The molecule has 1 heterocycles. The summed E-state index contributed by atoms with van der Waals surface area (Å²) in [6.07, 6.45) is -2.87. The maximum Gasteiger partial charge on any atom is 0.421 e. The summed E-state index contributed by atoms with van der Waals surface area (Å²) in [7, 11) is 0. The van der Waals surface area contributed by atoms with Crippen molar-refractivity contribution in [3.05, 3.63) is 69.4 Å². The SMILES string of the molecule is CC(C)Cc1ccc(Nc2nc(Nc3ccc(I)cc3)ncc2C(F)(F)F)cc1. The Morgan fingerprint density at radius 2 is 1.52 bits per heavy atom. The molecule has 0 atom stereocenters. The van der Waals surface area contributed by atoms with Gasteiger partial charge in [-0.05, 0) is 76.9 Å². The normalized spacial score (nSPS) is 11.6. The summed E-state index contributed by atoms with van der Waals surface area (Å²) in [4.78, 5) is 7.90. The Kier molecular flexibility index (Phi) is 6.61. The average Bonchev–Trinajstić information content (AvgIpc) is 2.64. The Morgan fingerprint density at radius 1 is 0.931 bits per heavy atom. The summed E-state index contributed by atoms with van der Waals surface area (Å²) in [6.45, 7) is 4.23. The highest BCUT2D eigenvalue weighted by atomic mass is 127. The van der Waals surface area contributed by atoms with Crippen molar-refractivity contribution in [3.8, 4) is 0 Å². The van der Waals surface area contributed by atoms with Crippen LogP contribution in [0.15, 0.2) is 54.7 Å². The van der Waals surface area contributed by atoms with Crippen LogP contribution < -0.4 is 10.6 Å². The first kappa shape index (κ1) is 21.4. The third-order valence-corrected chi connectivity index (χ3v) is 4.77. The summed E-state index contributed by atoms with van der Waals surface area (Å²) in [5, 5.41) is 5.72. The number of aromatic nitrogens is 2. The van der Waals surface area contributed by atoms with Crippen LogP contribution in [0.5, 0.6) is 0 Å². The van der Waals surface area contributed by atoms with Crippen molar-refractivity contribution in [2.24, 2.45) is 5.92 Å². The zero-order valence-corrected chi connectivity index (χ0v) is 18.0. The van der Waals surface area contributed by atoms with Crippen LogP contribution in [-0.2, 0) is 12.6 Å². The molecule has 0 aliphatic heterocycles. The van der Waals surface area contributed by atoms with Gasteiger partial charge < -0.3 is 10.6 Å². The minimum atomic E-state index is -4.57. The molecule has 3 rings (SSSR count). The van der Waals surface area contributed by atoms with E-state index in [0.717, 1.165) is 21.8 Å². The molecule has 0 radical (unpaired) electrons. The zero-order chi connectivity index (χ0) is 21.0.